The zero-order valence-corrected chi connectivity index (χ0v) is 13.2. The van der Waals surface area contributed by atoms with E-state index in [0.717, 1.165) is 11.0 Å². The zero-order valence-electron chi connectivity index (χ0n) is 11.6. The number of nitrogens with one attached hydrogen (secondary N) is 1. The van der Waals surface area contributed by atoms with Crippen LogP contribution in [0, 0.1) is 5.41 Å². The Kier molecular flexibility index (Phi) is 4.79. The van der Waals surface area contributed by atoms with Crippen LogP contribution in [-0.4, -0.2) is 6.54 Å². The highest BCUT2D eigenvalue weighted by molar-refractivity contribution is 9.10. The van der Waals surface area contributed by atoms with E-state index in [1.54, 1.807) is 0 Å². The van der Waals surface area contributed by atoms with E-state index in [1.807, 2.05) is 0 Å². The molecule has 0 heterocycles. The van der Waals surface area contributed by atoms with Crippen LogP contribution in [0.1, 0.15) is 46.6 Å². The molecule has 96 valence electrons. The molecule has 0 aliphatic carbocycles. The number of hydrogen-bond acceptors (Lipinski definition) is 1. The first-order valence-corrected chi connectivity index (χ1v) is 7.01. The molecule has 0 unspecified atom stereocenters. The minimum Gasteiger partial charge on any atom is -0.308 e. The molecule has 0 radical (unpaired) electrons. The van der Waals surface area contributed by atoms with Gasteiger partial charge in [0.1, 0.15) is 0 Å². The molecule has 1 N–H and O–H groups in total. The molecule has 0 amide bonds. The van der Waals surface area contributed by atoms with Crippen LogP contribution in [0.5, 0.6) is 0 Å². The molecule has 0 saturated carbocycles. The summed E-state index contributed by atoms with van der Waals surface area (Å²) in [4.78, 5) is 0. The Bertz CT molecular complexity index is 346. The molecule has 1 aromatic rings. The second-order valence-electron chi connectivity index (χ2n) is 6.37. The summed E-state index contributed by atoms with van der Waals surface area (Å²) in [6.45, 7) is 12.4. The zero-order chi connectivity index (χ0) is 13.1. The van der Waals surface area contributed by atoms with Crippen LogP contribution in [-0.2, 0) is 5.54 Å². The fourth-order valence-electron chi connectivity index (χ4n) is 1.72. The largest absolute Gasteiger partial charge is 0.308 e. The van der Waals surface area contributed by atoms with Crippen molar-refractivity contribution < 1.29 is 0 Å². The van der Waals surface area contributed by atoms with Gasteiger partial charge < -0.3 is 5.32 Å². The van der Waals surface area contributed by atoms with Crippen molar-refractivity contribution in [2.75, 3.05) is 6.54 Å². The topological polar surface area (TPSA) is 12.0 Å². The van der Waals surface area contributed by atoms with E-state index >= 15 is 0 Å². The molecule has 0 saturated heterocycles. The molecule has 0 spiro atoms. The van der Waals surface area contributed by atoms with Gasteiger partial charge in [-0.2, -0.15) is 0 Å². The third-order valence-electron chi connectivity index (χ3n) is 3.01. The lowest BCUT2D eigenvalue weighted by Crippen LogP contribution is -2.38. The van der Waals surface area contributed by atoms with Gasteiger partial charge in [0.15, 0.2) is 0 Å². The Morgan fingerprint density at radius 1 is 1.00 bits per heavy atom. The fourth-order valence-corrected chi connectivity index (χ4v) is 1.98. The van der Waals surface area contributed by atoms with Gasteiger partial charge in [0.05, 0.1) is 0 Å². The van der Waals surface area contributed by atoms with Gasteiger partial charge in [-0.3, -0.25) is 0 Å². The highest BCUT2D eigenvalue weighted by Gasteiger charge is 2.20. The number of hydrogen-bond donors (Lipinski definition) is 1. The van der Waals surface area contributed by atoms with Crippen molar-refractivity contribution in [1.82, 2.24) is 5.32 Å². The SMILES string of the molecule is CC(C)(C)CCNC(C)(C)c1ccc(Br)cc1. The lowest BCUT2D eigenvalue weighted by molar-refractivity contribution is 0.323. The first-order valence-electron chi connectivity index (χ1n) is 6.22. The third kappa shape index (κ3) is 5.22. The lowest BCUT2D eigenvalue weighted by atomic mass is 9.90. The Morgan fingerprint density at radius 3 is 2.00 bits per heavy atom. The Morgan fingerprint density at radius 2 is 1.53 bits per heavy atom. The highest BCUT2D eigenvalue weighted by atomic mass is 79.9. The van der Waals surface area contributed by atoms with Crippen LogP contribution in [0.25, 0.3) is 0 Å². The summed E-state index contributed by atoms with van der Waals surface area (Å²) in [6, 6.07) is 8.55. The Labute approximate surface area is 114 Å². The molecular formula is C15H24BrN. The summed E-state index contributed by atoms with van der Waals surface area (Å²) in [7, 11) is 0. The van der Waals surface area contributed by atoms with Crippen molar-refractivity contribution in [3.63, 3.8) is 0 Å². The standard InChI is InChI=1S/C15H24BrN/c1-14(2,3)10-11-17-15(4,5)12-6-8-13(16)9-7-12/h6-9,17H,10-11H2,1-5H3. The predicted octanol–water partition coefficient (Wildman–Crippen LogP) is 4.71. The van der Waals surface area contributed by atoms with E-state index in [0.29, 0.717) is 5.41 Å². The minimum absolute atomic E-state index is 0.0337. The van der Waals surface area contributed by atoms with Crippen LogP contribution in [0.15, 0.2) is 28.7 Å². The van der Waals surface area contributed by atoms with Crippen molar-refractivity contribution >= 4 is 15.9 Å². The predicted molar refractivity (Wildman–Crippen MR) is 79.2 cm³/mol. The average Bonchev–Trinajstić information content (AvgIpc) is 2.15. The van der Waals surface area contributed by atoms with Crippen molar-refractivity contribution in [1.29, 1.82) is 0 Å². The average molecular weight is 298 g/mol. The molecule has 2 heteroatoms. The molecule has 0 fully saturated rings. The van der Waals surface area contributed by atoms with Gasteiger partial charge in [0.2, 0.25) is 0 Å². The third-order valence-corrected chi connectivity index (χ3v) is 3.54. The first kappa shape index (κ1) is 14.7. The quantitative estimate of drug-likeness (QED) is 0.849. The van der Waals surface area contributed by atoms with Crippen LogP contribution >= 0.6 is 15.9 Å². The van der Waals surface area contributed by atoms with Gasteiger partial charge in [-0.25, -0.2) is 0 Å². The normalized spacial score (nSPS) is 12.8. The maximum absolute atomic E-state index is 3.64. The first-order chi connectivity index (χ1) is 7.71. The molecule has 1 aromatic carbocycles. The van der Waals surface area contributed by atoms with Crippen LogP contribution in [0.3, 0.4) is 0 Å². The van der Waals surface area contributed by atoms with Gasteiger partial charge in [-0.15, -0.1) is 0 Å². The maximum atomic E-state index is 3.64. The monoisotopic (exact) mass is 297 g/mol. The number of rotatable bonds is 4. The van der Waals surface area contributed by atoms with Crippen molar-refractivity contribution in [3.05, 3.63) is 34.3 Å². The summed E-state index contributed by atoms with van der Waals surface area (Å²) in [5.74, 6) is 0. The molecular weight excluding hydrogens is 274 g/mol. The summed E-state index contributed by atoms with van der Waals surface area (Å²) in [5.41, 5.74) is 1.75. The Hall–Kier alpha value is -0.340. The van der Waals surface area contributed by atoms with E-state index < -0.39 is 0 Å². The van der Waals surface area contributed by atoms with E-state index in [9.17, 15) is 0 Å². The molecule has 0 aromatic heterocycles. The van der Waals surface area contributed by atoms with E-state index in [-0.39, 0.29) is 5.54 Å². The number of benzene rings is 1. The second-order valence-corrected chi connectivity index (χ2v) is 7.29. The fraction of sp³-hybridized carbons (Fsp3) is 0.600. The van der Waals surface area contributed by atoms with Crippen LogP contribution in [0.4, 0.5) is 0 Å². The smallest absolute Gasteiger partial charge is 0.0377 e. The van der Waals surface area contributed by atoms with Gasteiger partial charge in [-0.1, -0.05) is 48.8 Å². The lowest BCUT2D eigenvalue weighted by Gasteiger charge is -2.29. The van der Waals surface area contributed by atoms with Crippen molar-refractivity contribution in [2.24, 2.45) is 5.41 Å². The Balaban J connectivity index is 2.59. The van der Waals surface area contributed by atoms with E-state index in [1.165, 1.54) is 12.0 Å². The molecule has 0 aliphatic rings. The van der Waals surface area contributed by atoms with E-state index in [2.05, 4.69) is 80.1 Å². The summed E-state index contributed by atoms with van der Waals surface area (Å²) >= 11 is 3.47. The van der Waals surface area contributed by atoms with Gasteiger partial charge in [0.25, 0.3) is 0 Å². The van der Waals surface area contributed by atoms with Crippen LogP contribution in [0.2, 0.25) is 0 Å². The summed E-state index contributed by atoms with van der Waals surface area (Å²) in [6.07, 6.45) is 1.19. The van der Waals surface area contributed by atoms with Crippen molar-refractivity contribution in [3.8, 4) is 0 Å². The van der Waals surface area contributed by atoms with Gasteiger partial charge >= 0.3 is 0 Å². The molecule has 0 bridgehead atoms. The molecule has 0 atom stereocenters. The second kappa shape index (κ2) is 5.53. The van der Waals surface area contributed by atoms with Crippen LogP contribution < -0.4 is 5.32 Å². The molecule has 1 nitrogen and oxygen atoms in total. The van der Waals surface area contributed by atoms with Gasteiger partial charge in [0, 0.05) is 10.0 Å². The van der Waals surface area contributed by atoms with Gasteiger partial charge in [-0.05, 0) is 49.9 Å². The summed E-state index contributed by atoms with van der Waals surface area (Å²) < 4.78 is 1.13. The number of halogens is 1. The molecule has 17 heavy (non-hydrogen) atoms. The highest BCUT2D eigenvalue weighted by Crippen LogP contribution is 2.23. The van der Waals surface area contributed by atoms with Crippen molar-refractivity contribution in [2.45, 2.75) is 46.6 Å². The maximum Gasteiger partial charge on any atom is 0.0377 e. The molecule has 0 aliphatic heterocycles. The van der Waals surface area contributed by atoms with E-state index in [4.69, 9.17) is 0 Å². The minimum atomic E-state index is 0.0337. The summed E-state index contributed by atoms with van der Waals surface area (Å²) in [5, 5.41) is 3.64. The molecule has 1 rings (SSSR count).